The Kier molecular flexibility index (Phi) is 6.22. The number of benzene rings is 2. The van der Waals surface area contributed by atoms with Crippen LogP contribution in [-0.4, -0.2) is 11.0 Å². The lowest BCUT2D eigenvalue weighted by molar-refractivity contribution is 0.251. The second-order valence-electron chi connectivity index (χ2n) is 5.54. The van der Waals surface area contributed by atoms with Gasteiger partial charge in [0.25, 0.3) is 0 Å². The number of nitrogens with zero attached hydrogens (tertiary/aromatic N) is 1. The van der Waals surface area contributed by atoms with Crippen LogP contribution < -0.4 is 15.4 Å². The Labute approximate surface area is 160 Å². The van der Waals surface area contributed by atoms with Gasteiger partial charge in [0.1, 0.15) is 12.4 Å². The number of anilines is 1. The molecule has 0 radical (unpaired) electrons. The number of nitrogens with one attached hydrogen (secondary N) is 2. The van der Waals surface area contributed by atoms with Crippen molar-refractivity contribution in [1.29, 1.82) is 0 Å². The molecule has 0 bridgehead atoms. The molecule has 3 rings (SSSR count). The van der Waals surface area contributed by atoms with Crippen LogP contribution in [0.5, 0.6) is 5.75 Å². The van der Waals surface area contributed by atoms with Gasteiger partial charge in [0, 0.05) is 17.2 Å². The highest BCUT2D eigenvalue weighted by Gasteiger charge is 2.05. The van der Waals surface area contributed by atoms with Gasteiger partial charge in [0.15, 0.2) is 0 Å². The highest BCUT2D eigenvalue weighted by atomic mass is 79.9. The molecule has 2 N–H and O–H groups in total. The molecule has 0 aliphatic heterocycles. The first-order chi connectivity index (χ1) is 12.7. The molecule has 0 spiro atoms. The summed E-state index contributed by atoms with van der Waals surface area (Å²) in [5, 5.41) is 5.64. The van der Waals surface area contributed by atoms with Crippen molar-refractivity contribution in [2.24, 2.45) is 0 Å². The van der Waals surface area contributed by atoms with Gasteiger partial charge in [0.05, 0.1) is 11.4 Å². The fourth-order valence-corrected chi connectivity index (χ4v) is 2.68. The summed E-state index contributed by atoms with van der Waals surface area (Å²) in [5.74, 6) is 0.737. The maximum absolute atomic E-state index is 12.1. The first kappa shape index (κ1) is 17.9. The van der Waals surface area contributed by atoms with E-state index in [1.807, 2.05) is 66.7 Å². The molecule has 26 heavy (non-hydrogen) atoms. The summed E-state index contributed by atoms with van der Waals surface area (Å²) in [6.45, 7) is 0.803. The molecule has 2 aromatic carbocycles. The van der Waals surface area contributed by atoms with Gasteiger partial charge in [-0.25, -0.2) is 4.79 Å². The molecule has 2 amide bonds. The molecule has 0 atom stereocenters. The summed E-state index contributed by atoms with van der Waals surface area (Å²) in [4.78, 5) is 16.3. The van der Waals surface area contributed by atoms with Crippen molar-refractivity contribution in [2.75, 3.05) is 5.32 Å². The minimum atomic E-state index is -0.267. The zero-order valence-corrected chi connectivity index (χ0v) is 15.6. The standard InChI is InChI=1S/C20H18BrN3O2/c21-18-9-1-2-10-19(18)24-20(25)23-13-15-6-5-8-17(12-15)26-14-16-7-3-4-11-22-16/h1-12H,13-14H2,(H2,23,24,25). The molecule has 0 saturated heterocycles. The second kappa shape index (κ2) is 9.01. The van der Waals surface area contributed by atoms with Crippen LogP contribution in [0.3, 0.4) is 0 Å². The summed E-state index contributed by atoms with van der Waals surface area (Å²) >= 11 is 3.40. The zero-order chi connectivity index (χ0) is 18.2. The van der Waals surface area contributed by atoms with Crippen LogP contribution in [0.2, 0.25) is 0 Å². The number of carbonyl (C=O) groups is 1. The summed E-state index contributed by atoms with van der Waals surface area (Å²) in [5.41, 5.74) is 2.53. The Morgan fingerprint density at radius 2 is 1.88 bits per heavy atom. The monoisotopic (exact) mass is 411 g/mol. The topological polar surface area (TPSA) is 63.2 Å². The first-order valence-electron chi connectivity index (χ1n) is 8.12. The Morgan fingerprint density at radius 1 is 1.04 bits per heavy atom. The van der Waals surface area contributed by atoms with Gasteiger partial charge < -0.3 is 15.4 Å². The highest BCUT2D eigenvalue weighted by molar-refractivity contribution is 9.10. The first-order valence-corrected chi connectivity index (χ1v) is 8.91. The maximum atomic E-state index is 12.1. The second-order valence-corrected chi connectivity index (χ2v) is 6.40. The Balaban J connectivity index is 1.52. The third-order valence-electron chi connectivity index (χ3n) is 3.59. The van der Waals surface area contributed by atoms with E-state index in [0.717, 1.165) is 27.2 Å². The van der Waals surface area contributed by atoms with E-state index >= 15 is 0 Å². The molecule has 132 valence electrons. The van der Waals surface area contributed by atoms with E-state index in [0.29, 0.717) is 13.2 Å². The van der Waals surface area contributed by atoms with E-state index in [2.05, 4.69) is 31.5 Å². The van der Waals surface area contributed by atoms with Crippen molar-refractivity contribution in [3.8, 4) is 5.75 Å². The Hall–Kier alpha value is -2.86. The lowest BCUT2D eigenvalue weighted by atomic mass is 10.2. The smallest absolute Gasteiger partial charge is 0.319 e. The highest BCUT2D eigenvalue weighted by Crippen LogP contribution is 2.21. The van der Waals surface area contributed by atoms with Gasteiger partial charge in [-0.05, 0) is 57.9 Å². The number of aromatic nitrogens is 1. The fourth-order valence-electron chi connectivity index (χ4n) is 2.30. The quantitative estimate of drug-likeness (QED) is 0.615. The molecule has 5 nitrogen and oxygen atoms in total. The number of halogens is 1. The minimum absolute atomic E-state index is 0.267. The summed E-state index contributed by atoms with van der Waals surface area (Å²) in [6.07, 6.45) is 1.74. The predicted molar refractivity (Wildman–Crippen MR) is 105 cm³/mol. The molecule has 0 aliphatic carbocycles. The van der Waals surface area contributed by atoms with E-state index < -0.39 is 0 Å². The van der Waals surface area contributed by atoms with Crippen LogP contribution in [0.25, 0.3) is 0 Å². The summed E-state index contributed by atoms with van der Waals surface area (Å²) < 4.78 is 6.59. The third-order valence-corrected chi connectivity index (χ3v) is 4.28. The molecular formula is C20H18BrN3O2. The molecule has 0 aliphatic rings. The number of hydrogen-bond donors (Lipinski definition) is 2. The minimum Gasteiger partial charge on any atom is -0.487 e. The van der Waals surface area contributed by atoms with Gasteiger partial charge in [-0.1, -0.05) is 30.3 Å². The van der Waals surface area contributed by atoms with E-state index in [1.54, 1.807) is 6.20 Å². The van der Waals surface area contributed by atoms with Crippen LogP contribution in [0.15, 0.2) is 77.4 Å². The number of carbonyl (C=O) groups excluding carboxylic acids is 1. The van der Waals surface area contributed by atoms with Gasteiger partial charge in [0.2, 0.25) is 0 Å². The number of amides is 2. The van der Waals surface area contributed by atoms with Crippen LogP contribution in [0, 0.1) is 0 Å². The number of hydrogen-bond acceptors (Lipinski definition) is 3. The molecule has 3 aromatic rings. The van der Waals surface area contributed by atoms with Gasteiger partial charge >= 0.3 is 6.03 Å². The largest absolute Gasteiger partial charge is 0.487 e. The van der Waals surface area contributed by atoms with Crippen molar-refractivity contribution in [1.82, 2.24) is 10.3 Å². The molecule has 0 saturated carbocycles. The SMILES string of the molecule is O=C(NCc1cccc(OCc2ccccn2)c1)Nc1ccccc1Br. The molecule has 1 aromatic heterocycles. The van der Waals surface area contributed by atoms with E-state index in [-0.39, 0.29) is 6.03 Å². The van der Waals surface area contributed by atoms with Gasteiger partial charge in [-0.15, -0.1) is 0 Å². The molecule has 6 heteroatoms. The van der Waals surface area contributed by atoms with Gasteiger partial charge in [-0.3, -0.25) is 4.98 Å². The average Bonchev–Trinajstić information content (AvgIpc) is 2.68. The van der Waals surface area contributed by atoms with E-state index in [1.165, 1.54) is 0 Å². The Bertz CT molecular complexity index is 872. The lowest BCUT2D eigenvalue weighted by Gasteiger charge is -2.10. The fraction of sp³-hybridized carbons (Fsp3) is 0.100. The van der Waals surface area contributed by atoms with Gasteiger partial charge in [-0.2, -0.15) is 0 Å². The van der Waals surface area contributed by atoms with Crippen LogP contribution in [0.4, 0.5) is 10.5 Å². The maximum Gasteiger partial charge on any atom is 0.319 e. The zero-order valence-electron chi connectivity index (χ0n) is 14.0. The normalized spacial score (nSPS) is 10.2. The lowest BCUT2D eigenvalue weighted by Crippen LogP contribution is -2.28. The summed E-state index contributed by atoms with van der Waals surface area (Å²) in [7, 11) is 0. The average molecular weight is 412 g/mol. The number of rotatable bonds is 6. The van der Waals surface area contributed by atoms with Crippen LogP contribution >= 0.6 is 15.9 Å². The molecule has 1 heterocycles. The number of para-hydroxylation sites is 1. The van der Waals surface area contributed by atoms with Crippen LogP contribution in [-0.2, 0) is 13.2 Å². The third kappa shape index (κ3) is 5.32. The van der Waals surface area contributed by atoms with Crippen molar-refractivity contribution >= 4 is 27.6 Å². The molecule has 0 unspecified atom stereocenters. The van der Waals surface area contributed by atoms with Crippen molar-refractivity contribution in [3.63, 3.8) is 0 Å². The molecule has 0 fully saturated rings. The van der Waals surface area contributed by atoms with Crippen molar-refractivity contribution in [2.45, 2.75) is 13.2 Å². The van der Waals surface area contributed by atoms with E-state index in [9.17, 15) is 4.79 Å². The predicted octanol–water partition coefficient (Wildman–Crippen LogP) is 4.74. The van der Waals surface area contributed by atoms with Crippen molar-refractivity contribution < 1.29 is 9.53 Å². The summed E-state index contributed by atoms with van der Waals surface area (Å²) in [6, 6.07) is 20.5. The molecular weight excluding hydrogens is 394 g/mol. The van der Waals surface area contributed by atoms with Crippen molar-refractivity contribution in [3.05, 3.63) is 88.7 Å². The van der Waals surface area contributed by atoms with E-state index in [4.69, 9.17) is 4.74 Å². The number of ether oxygens (including phenoxy) is 1. The number of urea groups is 1. The van der Waals surface area contributed by atoms with Crippen LogP contribution in [0.1, 0.15) is 11.3 Å². The Morgan fingerprint density at radius 3 is 2.69 bits per heavy atom. The number of pyridine rings is 1.